The van der Waals surface area contributed by atoms with Gasteiger partial charge in [0.25, 0.3) is 11.5 Å². The number of morpholine rings is 1. The summed E-state index contributed by atoms with van der Waals surface area (Å²) in [4.78, 5) is 30.9. The average molecular weight is 539 g/mol. The van der Waals surface area contributed by atoms with E-state index >= 15 is 0 Å². The van der Waals surface area contributed by atoms with E-state index < -0.39 is 0 Å². The Labute approximate surface area is 226 Å². The molecule has 2 atom stereocenters. The van der Waals surface area contributed by atoms with Crippen molar-refractivity contribution in [1.29, 1.82) is 5.26 Å². The van der Waals surface area contributed by atoms with Gasteiger partial charge in [-0.05, 0) is 57.0 Å². The summed E-state index contributed by atoms with van der Waals surface area (Å²) >= 11 is 6.80. The normalized spacial score (nSPS) is 21.0. The molecular formula is C27H30N4O4S2. The van der Waals surface area contributed by atoms with Crippen molar-refractivity contribution >= 4 is 46.1 Å². The van der Waals surface area contributed by atoms with Crippen LogP contribution in [0.4, 0.5) is 5.82 Å². The van der Waals surface area contributed by atoms with Crippen molar-refractivity contribution < 1.29 is 14.3 Å². The van der Waals surface area contributed by atoms with E-state index in [9.17, 15) is 14.9 Å². The van der Waals surface area contributed by atoms with Crippen molar-refractivity contribution in [3.05, 3.63) is 61.8 Å². The van der Waals surface area contributed by atoms with E-state index in [4.69, 9.17) is 21.7 Å². The zero-order chi connectivity index (χ0) is 26.9. The Morgan fingerprint density at radius 1 is 1.22 bits per heavy atom. The van der Waals surface area contributed by atoms with Crippen LogP contribution in [0, 0.1) is 18.3 Å². The lowest BCUT2D eigenvalue weighted by molar-refractivity contribution is -0.122. The minimum absolute atomic E-state index is 0.0318. The molecule has 0 saturated carbocycles. The Hall–Kier alpha value is -3.13. The van der Waals surface area contributed by atoms with Crippen LogP contribution in [0.5, 0.6) is 5.75 Å². The Bertz CT molecular complexity index is 1350. The molecule has 0 aliphatic carbocycles. The highest BCUT2D eigenvalue weighted by atomic mass is 32.2. The molecule has 0 radical (unpaired) electrons. The minimum Gasteiger partial charge on any atom is -0.497 e. The molecule has 0 N–H and O–H groups in total. The second-order valence-corrected chi connectivity index (χ2v) is 10.9. The van der Waals surface area contributed by atoms with Gasteiger partial charge in [0.05, 0.1) is 30.8 Å². The quantitative estimate of drug-likeness (QED) is 0.402. The Morgan fingerprint density at radius 3 is 2.43 bits per heavy atom. The number of pyridine rings is 1. The van der Waals surface area contributed by atoms with E-state index in [0.29, 0.717) is 52.3 Å². The number of ether oxygens (including phenoxy) is 2. The van der Waals surface area contributed by atoms with Crippen molar-refractivity contribution in [1.82, 2.24) is 9.47 Å². The summed E-state index contributed by atoms with van der Waals surface area (Å²) in [6.07, 6.45) is 1.72. The molecule has 8 nitrogen and oxygen atoms in total. The van der Waals surface area contributed by atoms with Crippen molar-refractivity contribution in [3.63, 3.8) is 0 Å². The summed E-state index contributed by atoms with van der Waals surface area (Å²) in [6.45, 7) is 9.56. The van der Waals surface area contributed by atoms with E-state index in [2.05, 4.69) is 11.0 Å². The van der Waals surface area contributed by atoms with Gasteiger partial charge in [-0.1, -0.05) is 36.1 Å². The first-order valence-electron chi connectivity index (χ1n) is 12.1. The number of benzene rings is 1. The smallest absolute Gasteiger partial charge is 0.270 e. The molecule has 37 heavy (non-hydrogen) atoms. The van der Waals surface area contributed by atoms with Crippen LogP contribution in [0.2, 0.25) is 0 Å². The van der Waals surface area contributed by atoms with Crippen molar-refractivity contribution in [2.75, 3.05) is 25.1 Å². The molecule has 1 amide bonds. The third-order valence-corrected chi connectivity index (χ3v) is 7.91. The molecule has 4 rings (SSSR count). The minimum atomic E-state index is -0.325. The number of thioether (sulfide) groups is 1. The van der Waals surface area contributed by atoms with Gasteiger partial charge in [-0.25, -0.2) is 0 Å². The van der Waals surface area contributed by atoms with Crippen LogP contribution >= 0.6 is 24.0 Å². The molecule has 0 spiro atoms. The monoisotopic (exact) mass is 538 g/mol. The number of aromatic nitrogens is 1. The van der Waals surface area contributed by atoms with Gasteiger partial charge in [0.2, 0.25) is 0 Å². The van der Waals surface area contributed by atoms with Crippen LogP contribution in [0.25, 0.3) is 6.08 Å². The van der Waals surface area contributed by atoms with E-state index in [1.165, 1.54) is 11.8 Å². The predicted octanol–water partition coefficient (Wildman–Crippen LogP) is 4.07. The number of methoxy groups -OCH3 is 1. The molecule has 2 fully saturated rings. The molecule has 10 heteroatoms. The lowest BCUT2D eigenvalue weighted by Crippen LogP contribution is -2.48. The van der Waals surface area contributed by atoms with Gasteiger partial charge in [-0.15, -0.1) is 0 Å². The third kappa shape index (κ3) is 5.30. The first-order chi connectivity index (χ1) is 17.7. The van der Waals surface area contributed by atoms with Crippen LogP contribution in [0.3, 0.4) is 0 Å². The summed E-state index contributed by atoms with van der Waals surface area (Å²) in [5, 5.41) is 9.80. The van der Waals surface area contributed by atoms with Crippen molar-refractivity contribution in [2.45, 2.75) is 53.0 Å². The van der Waals surface area contributed by atoms with Crippen molar-refractivity contribution in [3.8, 4) is 11.8 Å². The fourth-order valence-electron chi connectivity index (χ4n) is 4.81. The third-order valence-electron chi connectivity index (χ3n) is 6.53. The number of thiocarbonyl (C=S) groups is 1. The first-order valence-corrected chi connectivity index (χ1v) is 13.4. The summed E-state index contributed by atoms with van der Waals surface area (Å²) in [5.41, 5.74) is 1.93. The second-order valence-electron chi connectivity index (χ2n) is 9.18. The van der Waals surface area contributed by atoms with E-state index in [1.807, 2.05) is 45.0 Å². The maximum absolute atomic E-state index is 13.5. The number of carbonyl (C=O) groups is 1. The highest BCUT2D eigenvalue weighted by molar-refractivity contribution is 8.26. The summed E-state index contributed by atoms with van der Waals surface area (Å²) in [7, 11) is 1.61. The Balaban J connectivity index is 1.78. The number of amides is 1. The molecule has 0 bridgehead atoms. The average Bonchev–Trinajstić information content (AvgIpc) is 3.12. The number of nitrogens with zero attached hydrogens (tertiary/aromatic N) is 4. The van der Waals surface area contributed by atoms with Crippen molar-refractivity contribution in [2.24, 2.45) is 0 Å². The highest BCUT2D eigenvalue weighted by Crippen LogP contribution is 2.37. The van der Waals surface area contributed by atoms with Gasteiger partial charge in [0, 0.05) is 25.2 Å². The van der Waals surface area contributed by atoms with Crippen LogP contribution in [0.15, 0.2) is 34.0 Å². The number of anilines is 1. The maximum Gasteiger partial charge on any atom is 0.270 e. The van der Waals surface area contributed by atoms with Gasteiger partial charge in [-0.3, -0.25) is 19.1 Å². The molecule has 2 unspecified atom stereocenters. The molecule has 1 aromatic heterocycles. The van der Waals surface area contributed by atoms with Gasteiger partial charge in [-0.2, -0.15) is 5.26 Å². The number of hydrogen-bond donors (Lipinski definition) is 0. The standard InChI is InChI=1S/C27H30N4O4S2/c1-6-30-24(29-13-16(2)35-17(3)14-29)21(18(4)22(12-28)25(30)32)11-23-26(33)31(27(36)37-23)15-19-7-9-20(34-5)10-8-19/h7-11,16-17H,6,13-15H2,1-5H3/b23-11-. The Kier molecular flexibility index (Phi) is 8.07. The van der Waals surface area contributed by atoms with E-state index in [1.54, 1.807) is 29.6 Å². The number of hydrogen-bond acceptors (Lipinski definition) is 8. The highest BCUT2D eigenvalue weighted by Gasteiger charge is 2.34. The maximum atomic E-state index is 13.5. The largest absolute Gasteiger partial charge is 0.497 e. The second kappa shape index (κ2) is 11.1. The molecule has 2 aliphatic heterocycles. The van der Waals surface area contributed by atoms with Gasteiger partial charge < -0.3 is 14.4 Å². The van der Waals surface area contributed by atoms with Crippen LogP contribution in [-0.4, -0.2) is 52.1 Å². The van der Waals surface area contributed by atoms with Gasteiger partial charge in [0.1, 0.15) is 27.5 Å². The van der Waals surface area contributed by atoms with Crippen LogP contribution in [0.1, 0.15) is 43.0 Å². The summed E-state index contributed by atoms with van der Waals surface area (Å²) in [5.74, 6) is 1.24. The zero-order valence-electron chi connectivity index (χ0n) is 21.6. The van der Waals surface area contributed by atoms with Crippen LogP contribution in [-0.2, 0) is 22.6 Å². The zero-order valence-corrected chi connectivity index (χ0v) is 23.2. The summed E-state index contributed by atoms with van der Waals surface area (Å²) in [6, 6.07) is 9.58. The lowest BCUT2D eigenvalue weighted by Gasteiger charge is -2.39. The molecule has 2 aliphatic rings. The van der Waals surface area contributed by atoms with E-state index in [-0.39, 0.29) is 29.2 Å². The lowest BCUT2D eigenvalue weighted by atomic mass is 10.0. The van der Waals surface area contributed by atoms with Gasteiger partial charge in [0.15, 0.2) is 0 Å². The predicted molar refractivity (Wildman–Crippen MR) is 150 cm³/mol. The fraction of sp³-hybridized carbons (Fsp3) is 0.407. The number of nitriles is 1. The molecule has 1 aromatic carbocycles. The fourth-order valence-corrected chi connectivity index (χ4v) is 6.05. The molecule has 3 heterocycles. The SMILES string of the molecule is CCn1c(N2CC(C)OC(C)C2)c(/C=C2\SC(=S)N(Cc3ccc(OC)cc3)C2=O)c(C)c(C#N)c1=O. The molecule has 194 valence electrons. The Morgan fingerprint density at radius 2 is 1.86 bits per heavy atom. The molecular weight excluding hydrogens is 508 g/mol. The number of rotatable bonds is 6. The van der Waals surface area contributed by atoms with E-state index in [0.717, 1.165) is 11.3 Å². The van der Waals surface area contributed by atoms with Gasteiger partial charge >= 0.3 is 0 Å². The summed E-state index contributed by atoms with van der Waals surface area (Å²) < 4.78 is 13.2. The van der Waals surface area contributed by atoms with Crippen LogP contribution < -0.4 is 15.2 Å². The number of carbonyl (C=O) groups excluding carboxylic acids is 1. The topological polar surface area (TPSA) is 87.8 Å². The molecule has 2 saturated heterocycles. The first kappa shape index (κ1) is 26.9. The molecule has 2 aromatic rings.